The summed E-state index contributed by atoms with van der Waals surface area (Å²) in [6.45, 7) is 0. The van der Waals surface area contributed by atoms with Gasteiger partial charge < -0.3 is 19.3 Å². The summed E-state index contributed by atoms with van der Waals surface area (Å²) in [5, 5.41) is 2.76. The lowest BCUT2D eigenvalue weighted by Gasteiger charge is -2.07. The number of carbonyl (C=O) groups excluding carboxylic acids is 1. The molecule has 1 amide bonds. The van der Waals surface area contributed by atoms with Crippen molar-refractivity contribution in [3.8, 4) is 22.8 Å². The molecule has 0 bridgehead atoms. The third kappa shape index (κ3) is 3.42. The summed E-state index contributed by atoms with van der Waals surface area (Å²) in [6.07, 6.45) is 1.52. The molecule has 0 aliphatic rings. The number of hydrogen-bond acceptors (Lipinski definition) is 4. The molecular weight excluding hydrogens is 392 g/mol. The quantitative estimate of drug-likeness (QED) is 0.458. The Morgan fingerprint density at radius 3 is 2.52 bits per heavy atom. The minimum atomic E-state index is -0.484. The summed E-state index contributed by atoms with van der Waals surface area (Å²) in [5.74, 6) is 0.883. The Labute approximate surface area is 177 Å². The number of anilines is 1. The molecule has 0 spiro atoms. The van der Waals surface area contributed by atoms with E-state index >= 15 is 0 Å². The van der Waals surface area contributed by atoms with Gasteiger partial charge in [-0.15, -0.1) is 0 Å². The van der Waals surface area contributed by atoms with Gasteiger partial charge in [-0.2, -0.15) is 0 Å². The van der Waals surface area contributed by atoms with Crippen LogP contribution < -0.4 is 10.9 Å². The van der Waals surface area contributed by atoms with Crippen LogP contribution in [-0.2, 0) is 7.05 Å². The van der Waals surface area contributed by atoms with E-state index in [-0.39, 0.29) is 5.56 Å². The number of benzene rings is 2. The molecule has 3 heterocycles. The van der Waals surface area contributed by atoms with E-state index in [1.54, 1.807) is 30.3 Å². The first-order valence-corrected chi connectivity index (χ1v) is 9.70. The molecule has 0 unspecified atom stereocenters. The lowest BCUT2D eigenvalue weighted by atomic mass is 10.1. The van der Waals surface area contributed by atoms with Crippen molar-refractivity contribution in [3.05, 3.63) is 95.0 Å². The van der Waals surface area contributed by atoms with E-state index in [1.165, 1.54) is 12.3 Å². The van der Waals surface area contributed by atoms with Crippen molar-refractivity contribution in [2.45, 2.75) is 0 Å². The van der Waals surface area contributed by atoms with Gasteiger partial charge >= 0.3 is 0 Å². The van der Waals surface area contributed by atoms with E-state index in [2.05, 4.69) is 15.3 Å². The molecule has 5 rings (SSSR count). The van der Waals surface area contributed by atoms with Crippen molar-refractivity contribution in [2.24, 2.45) is 7.05 Å². The lowest BCUT2D eigenvalue weighted by Crippen LogP contribution is -2.23. The number of aryl methyl sites for hydroxylation is 1. The molecule has 0 radical (unpaired) electrons. The molecular formula is C24H18N4O3. The first-order chi connectivity index (χ1) is 15.1. The van der Waals surface area contributed by atoms with E-state index in [0.29, 0.717) is 17.1 Å². The zero-order valence-corrected chi connectivity index (χ0v) is 16.6. The minimum absolute atomic E-state index is 0.0229. The van der Waals surface area contributed by atoms with Crippen molar-refractivity contribution in [1.29, 1.82) is 0 Å². The smallest absolute Gasteiger partial charge is 0.261 e. The molecule has 3 aromatic heterocycles. The molecule has 0 fully saturated rings. The fraction of sp³-hybridized carbons (Fsp3) is 0.0417. The predicted molar refractivity (Wildman–Crippen MR) is 119 cm³/mol. The Balaban J connectivity index is 1.36. The number of furan rings is 1. The van der Waals surface area contributed by atoms with Crippen LogP contribution in [0.1, 0.15) is 10.4 Å². The van der Waals surface area contributed by atoms with Gasteiger partial charge in [-0.3, -0.25) is 9.59 Å². The van der Waals surface area contributed by atoms with Crippen molar-refractivity contribution in [1.82, 2.24) is 14.5 Å². The molecule has 0 atom stereocenters. The number of fused-ring (bicyclic) bond motifs is 1. The number of aromatic amines is 1. The Hall–Kier alpha value is -4.39. The van der Waals surface area contributed by atoms with E-state index in [1.807, 2.05) is 48.0 Å². The highest BCUT2D eigenvalue weighted by atomic mass is 16.3. The van der Waals surface area contributed by atoms with Crippen LogP contribution >= 0.6 is 0 Å². The Morgan fingerprint density at radius 1 is 1.00 bits per heavy atom. The molecule has 0 aliphatic carbocycles. The van der Waals surface area contributed by atoms with Gasteiger partial charge in [0.2, 0.25) is 0 Å². The standard InChI is InChI=1S/C24H18N4O3/c1-28-20-6-3-2-5-18(20)26-22(28)15-8-10-16(11-9-15)25-23(29)17-12-13-19(27-24(17)30)21-7-4-14-31-21/h2-14H,1H3,(H,25,29)(H,27,30). The normalized spacial score (nSPS) is 11.0. The number of hydrogen-bond donors (Lipinski definition) is 2. The maximum absolute atomic E-state index is 12.6. The molecule has 7 heteroatoms. The zero-order chi connectivity index (χ0) is 21.4. The van der Waals surface area contributed by atoms with E-state index in [9.17, 15) is 9.59 Å². The second-order valence-electron chi connectivity index (χ2n) is 7.11. The summed E-state index contributed by atoms with van der Waals surface area (Å²) < 4.78 is 7.30. The first-order valence-electron chi connectivity index (χ1n) is 9.70. The number of imidazole rings is 1. The monoisotopic (exact) mass is 410 g/mol. The maximum Gasteiger partial charge on any atom is 0.261 e. The van der Waals surface area contributed by atoms with Crippen LogP contribution in [0.3, 0.4) is 0 Å². The number of amides is 1. The fourth-order valence-electron chi connectivity index (χ4n) is 3.53. The van der Waals surface area contributed by atoms with Crippen molar-refractivity contribution in [2.75, 3.05) is 5.32 Å². The average Bonchev–Trinajstić information content (AvgIpc) is 3.43. The Morgan fingerprint density at radius 2 is 1.81 bits per heavy atom. The Bertz CT molecular complexity index is 1440. The third-order valence-electron chi connectivity index (χ3n) is 5.13. The number of para-hydroxylation sites is 2. The van der Waals surface area contributed by atoms with Gasteiger partial charge in [-0.25, -0.2) is 4.98 Å². The highest BCUT2D eigenvalue weighted by molar-refractivity contribution is 6.04. The zero-order valence-electron chi connectivity index (χ0n) is 16.6. The van der Waals surface area contributed by atoms with Crippen LogP contribution in [-0.4, -0.2) is 20.4 Å². The van der Waals surface area contributed by atoms with Gasteiger partial charge in [-0.05, 0) is 60.7 Å². The van der Waals surface area contributed by atoms with Gasteiger partial charge in [0.1, 0.15) is 17.1 Å². The largest absolute Gasteiger partial charge is 0.463 e. The summed E-state index contributed by atoms with van der Waals surface area (Å²) in [7, 11) is 1.97. The number of aromatic nitrogens is 3. The predicted octanol–water partition coefficient (Wildman–Crippen LogP) is 4.44. The summed E-state index contributed by atoms with van der Waals surface area (Å²) in [6, 6.07) is 21.9. The minimum Gasteiger partial charge on any atom is -0.463 e. The van der Waals surface area contributed by atoms with E-state index < -0.39 is 11.5 Å². The molecule has 7 nitrogen and oxygen atoms in total. The SMILES string of the molecule is Cn1c(-c2ccc(NC(=O)c3ccc(-c4ccco4)[nH]c3=O)cc2)nc2ccccc21. The summed E-state index contributed by atoms with van der Waals surface area (Å²) in [5.41, 5.74) is 3.54. The van der Waals surface area contributed by atoms with Crippen molar-refractivity contribution >= 4 is 22.6 Å². The topological polar surface area (TPSA) is 92.9 Å². The third-order valence-corrected chi connectivity index (χ3v) is 5.13. The molecule has 2 aromatic carbocycles. The summed E-state index contributed by atoms with van der Waals surface area (Å²) in [4.78, 5) is 32.3. The average molecular weight is 410 g/mol. The second-order valence-corrected chi connectivity index (χ2v) is 7.11. The number of carbonyl (C=O) groups is 1. The van der Waals surface area contributed by atoms with Gasteiger partial charge in [0.05, 0.1) is 23.0 Å². The van der Waals surface area contributed by atoms with Gasteiger partial charge in [0.25, 0.3) is 11.5 Å². The molecule has 5 aromatic rings. The maximum atomic E-state index is 12.6. The molecule has 0 saturated heterocycles. The second kappa shape index (κ2) is 7.46. The van der Waals surface area contributed by atoms with E-state index in [0.717, 1.165) is 22.4 Å². The molecule has 0 saturated carbocycles. The highest BCUT2D eigenvalue weighted by Crippen LogP contribution is 2.25. The van der Waals surface area contributed by atoms with Crippen LogP contribution in [0.25, 0.3) is 33.9 Å². The Kier molecular flexibility index (Phi) is 4.48. The number of H-pyrrole nitrogens is 1. The van der Waals surface area contributed by atoms with Crippen LogP contribution in [0.5, 0.6) is 0 Å². The van der Waals surface area contributed by atoms with Crippen LogP contribution in [0.15, 0.2) is 88.3 Å². The van der Waals surface area contributed by atoms with Crippen LogP contribution in [0.2, 0.25) is 0 Å². The molecule has 31 heavy (non-hydrogen) atoms. The van der Waals surface area contributed by atoms with Gasteiger partial charge in [0.15, 0.2) is 0 Å². The molecule has 152 valence electrons. The van der Waals surface area contributed by atoms with Gasteiger partial charge in [-0.1, -0.05) is 12.1 Å². The van der Waals surface area contributed by atoms with Crippen LogP contribution in [0, 0.1) is 0 Å². The van der Waals surface area contributed by atoms with Crippen molar-refractivity contribution in [3.63, 3.8) is 0 Å². The van der Waals surface area contributed by atoms with Crippen LogP contribution in [0.4, 0.5) is 5.69 Å². The van der Waals surface area contributed by atoms with E-state index in [4.69, 9.17) is 4.42 Å². The molecule has 2 N–H and O–H groups in total. The summed E-state index contributed by atoms with van der Waals surface area (Å²) >= 11 is 0. The lowest BCUT2D eigenvalue weighted by molar-refractivity contribution is 0.102. The number of rotatable bonds is 4. The number of nitrogens with zero attached hydrogens (tertiary/aromatic N) is 2. The number of pyridine rings is 1. The fourth-order valence-corrected chi connectivity index (χ4v) is 3.53. The first kappa shape index (κ1) is 18.6. The molecule has 0 aliphatic heterocycles. The highest BCUT2D eigenvalue weighted by Gasteiger charge is 2.14. The number of nitrogens with one attached hydrogen (secondary N) is 2. The van der Waals surface area contributed by atoms with Gasteiger partial charge in [0, 0.05) is 18.3 Å². The van der Waals surface area contributed by atoms with Crippen molar-refractivity contribution < 1.29 is 9.21 Å².